The first-order valence-corrected chi connectivity index (χ1v) is 4.59. The lowest BCUT2D eigenvalue weighted by molar-refractivity contribution is -0.142. The largest absolute Gasteiger partial charge is 0.497 e. The molecule has 0 aliphatic heterocycles. The predicted molar refractivity (Wildman–Crippen MR) is 57.1 cm³/mol. The smallest absolute Gasteiger partial charge is 0.325 e. The molecule has 0 bridgehead atoms. The van der Waals surface area contributed by atoms with Gasteiger partial charge in [0.1, 0.15) is 11.8 Å². The lowest BCUT2D eigenvalue weighted by Crippen LogP contribution is -2.27. The van der Waals surface area contributed by atoms with E-state index in [-0.39, 0.29) is 0 Å². The number of benzene rings is 1. The molecule has 1 unspecified atom stereocenters. The Morgan fingerprint density at radius 2 is 2.13 bits per heavy atom. The Bertz CT molecular complexity index is 349. The van der Waals surface area contributed by atoms with Crippen LogP contribution in [-0.2, 0) is 4.79 Å². The maximum Gasteiger partial charge on any atom is 0.325 e. The van der Waals surface area contributed by atoms with Gasteiger partial charge in [0.05, 0.1) is 7.11 Å². The number of hydrogen-bond acceptors (Lipinski definition) is 3. The van der Waals surface area contributed by atoms with Crippen LogP contribution in [0.25, 0.3) is 0 Å². The third kappa shape index (κ3) is 2.70. The number of nitrogens with zero attached hydrogens (tertiary/aromatic N) is 1. The van der Waals surface area contributed by atoms with Crippen LogP contribution in [0.3, 0.4) is 0 Å². The van der Waals surface area contributed by atoms with Gasteiger partial charge in [0.25, 0.3) is 0 Å². The molecule has 1 N–H and O–H groups in total. The molecule has 1 aromatic rings. The zero-order chi connectivity index (χ0) is 11.4. The van der Waals surface area contributed by atoms with Crippen LogP contribution in [0.15, 0.2) is 24.3 Å². The van der Waals surface area contributed by atoms with Gasteiger partial charge in [-0.15, -0.1) is 0 Å². The average Bonchev–Trinajstić information content (AvgIpc) is 2.17. The summed E-state index contributed by atoms with van der Waals surface area (Å²) < 4.78 is 5.05. The van der Waals surface area contributed by atoms with Crippen molar-refractivity contribution in [2.75, 3.05) is 21.2 Å². The maximum atomic E-state index is 11.1. The third-order valence-electron chi connectivity index (χ3n) is 2.16. The lowest BCUT2D eigenvalue weighted by Gasteiger charge is -2.20. The van der Waals surface area contributed by atoms with Gasteiger partial charge in [0.2, 0.25) is 0 Å². The van der Waals surface area contributed by atoms with Crippen LogP contribution in [0, 0.1) is 0 Å². The first-order chi connectivity index (χ1) is 7.06. The molecule has 0 amide bonds. The fourth-order valence-corrected chi connectivity index (χ4v) is 1.47. The van der Waals surface area contributed by atoms with Crippen molar-refractivity contribution < 1.29 is 14.6 Å². The number of carboxylic acids is 1. The summed E-state index contributed by atoms with van der Waals surface area (Å²) in [6, 6.07) is 6.45. The molecular weight excluding hydrogens is 194 g/mol. The summed E-state index contributed by atoms with van der Waals surface area (Å²) in [6.45, 7) is 0. The van der Waals surface area contributed by atoms with Crippen LogP contribution in [-0.4, -0.2) is 37.2 Å². The first kappa shape index (κ1) is 11.5. The van der Waals surface area contributed by atoms with Gasteiger partial charge in [0.15, 0.2) is 0 Å². The van der Waals surface area contributed by atoms with E-state index >= 15 is 0 Å². The summed E-state index contributed by atoms with van der Waals surface area (Å²) in [6.07, 6.45) is 0. The zero-order valence-corrected chi connectivity index (χ0v) is 9.10. The van der Waals surface area contributed by atoms with Gasteiger partial charge in [-0.25, -0.2) is 0 Å². The molecule has 0 saturated heterocycles. The second-order valence-electron chi connectivity index (χ2n) is 3.48. The molecule has 0 aliphatic rings. The van der Waals surface area contributed by atoms with E-state index in [1.54, 1.807) is 50.4 Å². The van der Waals surface area contributed by atoms with Gasteiger partial charge in [-0.05, 0) is 31.8 Å². The summed E-state index contributed by atoms with van der Waals surface area (Å²) in [7, 11) is 5.03. The number of rotatable bonds is 4. The third-order valence-corrected chi connectivity index (χ3v) is 2.16. The summed E-state index contributed by atoms with van der Waals surface area (Å²) in [5.74, 6) is -0.200. The molecule has 82 valence electrons. The molecule has 0 aliphatic carbocycles. The second-order valence-corrected chi connectivity index (χ2v) is 3.48. The molecule has 1 atom stereocenters. The predicted octanol–water partition coefficient (Wildman–Crippen LogP) is 1.38. The van der Waals surface area contributed by atoms with Crippen LogP contribution in [0.5, 0.6) is 5.75 Å². The highest BCUT2D eigenvalue weighted by molar-refractivity contribution is 5.75. The van der Waals surface area contributed by atoms with E-state index in [0.29, 0.717) is 11.3 Å². The number of likely N-dealkylation sites (N-methyl/N-ethyl adjacent to an activating group) is 1. The minimum atomic E-state index is -0.867. The molecule has 4 heteroatoms. The second kappa shape index (κ2) is 4.79. The number of aliphatic carboxylic acids is 1. The quantitative estimate of drug-likeness (QED) is 0.814. The minimum Gasteiger partial charge on any atom is -0.497 e. The summed E-state index contributed by atoms with van der Waals surface area (Å²) in [5.41, 5.74) is 0.715. The first-order valence-electron chi connectivity index (χ1n) is 4.59. The van der Waals surface area contributed by atoms with Crippen LogP contribution >= 0.6 is 0 Å². The molecule has 0 radical (unpaired) electrons. The molecular formula is C11H15NO3. The molecule has 1 rings (SSSR count). The Balaban J connectivity index is 3.05. The number of methoxy groups -OCH3 is 1. The highest BCUT2D eigenvalue weighted by Gasteiger charge is 2.22. The fourth-order valence-electron chi connectivity index (χ4n) is 1.47. The van der Waals surface area contributed by atoms with Crippen molar-refractivity contribution in [1.29, 1.82) is 0 Å². The van der Waals surface area contributed by atoms with E-state index in [9.17, 15) is 4.79 Å². The van der Waals surface area contributed by atoms with Crippen LogP contribution < -0.4 is 4.74 Å². The summed E-state index contributed by atoms with van der Waals surface area (Å²) >= 11 is 0. The number of carbonyl (C=O) groups is 1. The Morgan fingerprint density at radius 3 is 2.60 bits per heavy atom. The number of hydrogen-bond donors (Lipinski definition) is 1. The molecule has 0 heterocycles. The minimum absolute atomic E-state index is 0.639. The van der Waals surface area contributed by atoms with Crippen molar-refractivity contribution >= 4 is 5.97 Å². The van der Waals surface area contributed by atoms with Gasteiger partial charge in [-0.1, -0.05) is 12.1 Å². The van der Waals surface area contributed by atoms with E-state index in [4.69, 9.17) is 9.84 Å². The lowest BCUT2D eigenvalue weighted by atomic mass is 10.1. The van der Waals surface area contributed by atoms with Crippen LogP contribution in [0.2, 0.25) is 0 Å². The standard InChI is InChI=1S/C11H15NO3/c1-12(2)10(11(13)14)8-5-4-6-9(7-8)15-3/h4-7,10H,1-3H3,(H,13,14). The monoisotopic (exact) mass is 209 g/mol. The maximum absolute atomic E-state index is 11.1. The number of carboxylic acid groups (broad SMARTS) is 1. The highest BCUT2D eigenvalue weighted by Crippen LogP contribution is 2.22. The van der Waals surface area contributed by atoms with E-state index in [1.165, 1.54) is 0 Å². The van der Waals surface area contributed by atoms with Crippen LogP contribution in [0.4, 0.5) is 0 Å². The van der Waals surface area contributed by atoms with E-state index in [1.807, 2.05) is 0 Å². The fraction of sp³-hybridized carbons (Fsp3) is 0.364. The van der Waals surface area contributed by atoms with Gasteiger partial charge in [-0.2, -0.15) is 0 Å². The van der Waals surface area contributed by atoms with Crippen molar-refractivity contribution in [3.8, 4) is 5.75 Å². The normalized spacial score (nSPS) is 12.5. The Kier molecular flexibility index (Phi) is 3.68. The Labute approximate surface area is 89.1 Å². The highest BCUT2D eigenvalue weighted by atomic mass is 16.5. The van der Waals surface area contributed by atoms with Gasteiger partial charge in [-0.3, -0.25) is 9.69 Å². The van der Waals surface area contributed by atoms with Crippen molar-refractivity contribution in [2.45, 2.75) is 6.04 Å². The number of ether oxygens (including phenoxy) is 1. The Hall–Kier alpha value is -1.55. The topological polar surface area (TPSA) is 49.8 Å². The molecule has 4 nitrogen and oxygen atoms in total. The Morgan fingerprint density at radius 1 is 1.47 bits per heavy atom. The molecule has 0 spiro atoms. The molecule has 0 saturated carbocycles. The average molecular weight is 209 g/mol. The van der Waals surface area contributed by atoms with E-state index < -0.39 is 12.0 Å². The molecule has 0 aromatic heterocycles. The van der Waals surface area contributed by atoms with Crippen molar-refractivity contribution in [1.82, 2.24) is 4.90 Å². The van der Waals surface area contributed by atoms with Gasteiger partial charge in [0, 0.05) is 0 Å². The van der Waals surface area contributed by atoms with Crippen molar-refractivity contribution in [3.63, 3.8) is 0 Å². The zero-order valence-electron chi connectivity index (χ0n) is 9.10. The SMILES string of the molecule is COc1cccc(C(C(=O)O)N(C)C)c1. The van der Waals surface area contributed by atoms with Crippen molar-refractivity contribution in [3.05, 3.63) is 29.8 Å². The van der Waals surface area contributed by atoms with Crippen molar-refractivity contribution in [2.24, 2.45) is 0 Å². The van der Waals surface area contributed by atoms with E-state index in [2.05, 4.69) is 0 Å². The molecule has 0 fully saturated rings. The van der Waals surface area contributed by atoms with E-state index in [0.717, 1.165) is 0 Å². The molecule has 1 aromatic carbocycles. The van der Waals surface area contributed by atoms with Gasteiger partial charge >= 0.3 is 5.97 Å². The summed E-state index contributed by atoms with van der Waals surface area (Å²) in [4.78, 5) is 12.7. The molecule has 15 heavy (non-hydrogen) atoms. The summed E-state index contributed by atoms with van der Waals surface area (Å²) in [5, 5.41) is 9.08. The van der Waals surface area contributed by atoms with Gasteiger partial charge < -0.3 is 9.84 Å². The van der Waals surface area contributed by atoms with Crippen LogP contribution in [0.1, 0.15) is 11.6 Å².